The molecule has 3 aromatic heterocycles. The van der Waals surface area contributed by atoms with Gasteiger partial charge in [0.1, 0.15) is 5.69 Å². The number of halogens is 2. The van der Waals surface area contributed by atoms with Crippen LogP contribution < -0.4 is 11.1 Å². The van der Waals surface area contributed by atoms with Gasteiger partial charge in [-0.3, -0.25) is 9.48 Å². The molecule has 0 unspecified atom stereocenters. The lowest BCUT2D eigenvalue weighted by molar-refractivity contribution is 0.101. The molecule has 1 amide bonds. The van der Waals surface area contributed by atoms with Crippen LogP contribution in [0.4, 0.5) is 20.4 Å². The number of aryl methyl sites for hydroxylation is 1. The Balaban J connectivity index is 1.95. The number of nitrogens with one attached hydrogen (secondary N) is 1. The van der Waals surface area contributed by atoms with Gasteiger partial charge in [0.25, 0.3) is 12.3 Å². The van der Waals surface area contributed by atoms with E-state index in [9.17, 15) is 13.6 Å². The van der Waals surface area contributed by atoms with E-state index in [0.717, 1.165) is 0 Å². The number of fused-ring (bicyclic) bond motifs is 1. The number of anilines is 2. The zero-order valence-electron chi connectivity index (χ0n) is 11.4. The van der Waals surface area contributed by atoms with Crippen molar-refractivity contribution in [3.8, 4) is 0 Å². The van der Waals surface area contributed by atoms with E-state index in [-0.39, 0.29) is 17.3 Å². The predicted molar refractivity (Wildman–Crippen MR) is 73.5 cm³/mol. The first-order chi connectivity index (χ1) is 10.5. The highest BCUT2D eigenvalue weighted by Crippen LogP contribution is 2.25. The van der Waals surface area contributed by atoms with Crippen molar-refractivity contribution >= 4 is 23.1 Å². The second-order valence-corrected chi connectivity index (χ2v) is 4.53. The van der Waals surface area contributed by atoms with Gasteiger partial charge in [-0.2, -0.15) is 5.10 Å². The van der Waals surface area contributed by atoms with Crippen molar-refractivity contribution in [2.24, 2.45) is 7.05 Å². The van der Waals surface area contributed by atoms with Crippen LogP contribution in [0.5, 0.6) is 0 Å². The second kappa shape index (κ2) is 5.06. The van der Waals surface area contributed by atoms with E-state index < -0.39 is 18.0 Å². The molecule has 114 valence electrons. The summed E-state index contributed by atoms with van der Waals surface area (Å²) in [6.45, 7) is 0. The molecule has 0 aliphatic heterocycles. The third-order valence-corrected chi connectivity index (χ3v) is 2.96. The van der Waals surface area contributed by atoms with E-state index >= 15 is 0 Å². The summed E-state index contributed by atoms with van der Waals surface area (Å²) in [4.78, 5) is 16.1. The number of nitrogens with zero attached hydrogens (tertiary/aromatic N) is 5. The summed E-state index contributed by atoms with van der Waals surface area (Å²) in [5, 5.41) is 9.94. The molecule has 0 aliphatic carbocycles. The zero-order chi connectivity index (χ0) is 15.9. The highest BCUT2D eigenvalue weighted by molar-refractivity contribution is 6.04. The van der Waals surface area contributed by atoms with Crippen LogP contribution in [-0.4, -0.2) is 30.3 Å². The maximum absolute atomic E-state index is 12.9. The lowest BCUT2D eigenvalue weighted by atomic mass is 10.3. The Morgan fingerprint density at radius 2 is 2.14 bits per heavy atom. The maximum atomic E-state index is 12.9. The molecule has 0 radical (unpaired) electrons. The van der Waals surface area contributed by atoms with E-state index in [1.807, 2.05) is 0 Å². The first-order valence-electron chi connectivity index (χ1n) is 6.19. The number of hydrogen-bond donors (Lipinski definition) is 2. The zero-order valence-corrected chi connectivity index (χ0v) is 11.4. The first kappa shape index (κ1) is 13.9. The van der Waals surface area contributed by atoms with Gasteiger partial charge < -0.3 is 11.1 Å². The molecule has 0 aliphatic rings. The third kappa shape index (κ3) is 2.34. The molecule has 0 saturated carbocycles. The lowest BCUT2D eigenvalue weighted by Crippen LogP contribution is -2.16. The van der Waals surface area contributed by atoms with Gasteiger partial charge in [0, 0.05) is 13.2 Å². The molecule has 10 heteroatoms. The number of alkyl halides is 2. The number of aromatic nitrogens is 5. The number of nitrogens with two attached hydrogens (primary N) is 1. The monoisotopic (exact) mass is 307 g/mol. The molecule has 0 bridgehead atoms. The molecule has 0 atom stereocenters. The highest BCUT2D eigenvalue weighted by atomic mass is 19.3. The predicted octanol–water partition coefficient (Wildman–Crippen LogP) is 1.23. The van der Waals surface area contributed by atoms with Crippen LogP contribution in [0.1, 0.15) is 22.6 Å². The summed E-state index contributed by atoms with van der Waals surface area (Å²) in [6.07, 6.45) is -0.0368. The Hall–Kier alpha value is -3.04. The number of amides is 1. The van der Waals surface area contributed by atoms with Crippen molar-refractivity contribution in [1.82, 2.24) is 24.4 Å². The summed E-state index contributed by atoms with van der Waals surface area (Å²) in [5.41, 5.74) is 5.64. The van der Waals surface area contributed by atoms with Crippen LogP contribution in [0.25, 0.3) is 5.52 Å². The van der Waals surface area contributed by atoms with Crippen molar-refractivity contribution < 1.29 is 13.6 Å². The van der Waals surface area contributed by atoms with E-state index in [1.165, 1.54) is 34.7 Å². The number of hydrogen-bond acceptors (Lipinski definition) is 5. The molecule has 0 aromatic carbocycles. The minimum atomic E-state index is -2.79. The largest absolute Gasteiger partial charge is 0.367 e. The van der Waals surface area contributed by atoms with Gasteiger partial charge >= 0.3 is 0 Å². The van der Waals surface area contributed by atoms with Crippen molar-refractivity contribution in [1.29, 1.82) is 0 Å². The van der Waals surface area contributed by atoms with Crippen molar-refractivity contribution in [2.75, 3.05) is 11.1 Å². The summed E-state index contributed by atoms with van der Waals surface area (Å²) in [7, 11) is 1.49. The Kier molecular flexibility index (Phi) is 3.20. The smallest absolute Gasteiger partial charge is 0.284 e. The Morgan fingerprint density at radius 1 is 1.36 bits per heavy atom. The number of rotatable bonds is 3. The van der Waals surface area contributed by atoms with Gasteiger partial charge in [-0.15, -0.1) is 5.10 Å². The average molecular weight is 307 g/mol. The van der Waals surface area contributed by atoms with Gasteiger partial charge in [0.15, 0.2) is 5.69 Å². The van der Waals surface area contributed by atoms with Crippen LogP contribution in [0.15, 0.2) is 24.5 Å². The fourth-order valence-corrected chi connectivity index (χ4v) is 2.04. The van der Waals surface area contributed by atoms with Crippen LogP contribution in [0, 0.1) is 0 Å². The summed E-state index contributed by atoms with van der Waals surface area (Å²) in [5.74, 6) is -0.611. The fraction of sp³-hybridized carbons (Fsp3) is 0.167. The molecule has 3 rings (SSSR count). The molecule has 3 aromatic rings. The molecule has 22 heavy (non-hydrogen) atoms. The topological polar surface area (TPSA) is 103 Å². The van der Waals surface area contributed by atoms with Crippen LogP contribution in [0.2, 0.25) is 0 Å². The standard InChI is InChI=1S/C12H11F2N7O/c1-20-5-7(9(18-20)10(13)14)17-11(22)8-3-2-6-4-16-12(15)19-21(6)8/h2-5,10H,1H3,(H2,15,19)(H,17,22). The normalized spacial score (nSPS) is 11.3. The van der Waals surface area contributed by atoms with E-state index in [4.69, 9.17) is 5.73 Å². The second-order valence-electron chi connectivity index (χ2n) is 4.53. The SMILES string of the molecule is Cn1cc(NC(=O)c2ccc3cnc(N)nn23)c(C(F)F)n1. The molecule has 0 saturated heterocycles. The maximum Gasteiger partial charge on any atom is 0.284 e. The van der Waals surface area contributed by atoms with Crippen molar-refractivity contribution in [2.45, 2.75) is 6.43 Å². The summed E-state index contributed by atoms with van der Waals surface area (Å²) in [6, 6.07) is 3.11. The van der Waals surface area contributed by atoms with Crippen LogP contribution >= 0.6 is 0 Å². The minimum absolute atomic E-state index is 0.00704. The quantitative estimate of drug-likeness (QED) is 0.757. The molecule has 3 heterocycles. The molecule has 3 N–H and O–H groups in total. The van der Waals surface area contributed by atoms with Gasteiger partial charge in [0.05, 0.1) is 17.4 Å². The molecular formula is C12H11F2N7O. The fourth-order valence-electron chi connectivity index (χ4n) is 2.04. The number of carbonyl (C=O) groups is 1. The van der Waals surface area contributed by atoms with Gasteiger partial charge in [-0.1, -0.05) is 0 Å². The van der Waals surface area contributed by atoms with Crippen molar-refractivity contribution in [3.63, 3.8) is 0 Å². The Labute approximate surface area is 122 Å². The molecule has 0 spiro atoms. The highest BCUT2D eigenvalue weighted by Gasteiger charge is 2.21. The van der Waals surface area contributed by atoms with Gasteiger partial charge in [0.2, 0.25) is 5.95 Å². The average Bonchev–Trinajstić information content (AvgIpc) is 3.01. The molecular weight excluding hydrogens is 296 g/mol. The van der Waals surface area contributed by atoms with E-state index in [1.54, 1.807) is 6.07 Å². The summed E-state index contributed by atoms with van der Waals surface area (Å²) >= 11 is 0. The first-order valence-corrected chi connectivity index (χ1v) is 6.19. The van der Waals surface area contributed by atoms with Crippen molar-refractivity contribution in [3.05, 3.63) is 35.9 Å². The Bertz CT molecular complexity index is 854. The lowest BCUT2D eigenvalue weighted by Gasteiger charge is -2.05. The van der Waals surface area contributed by atoms with Gasteiger partial charge in [-0.05, 0) is 12.1 Å². The molecule has 0 fully saturated rings. The van der Waals surface area contributed by atoms with E-state index in [2.05, 4.69) is 20.5 Å². The number of nitrogen functional groups attached to an aromatic ring is 1. The third-order valence-electron chi connectivity index (χ3n) is 2.96. The van der Waals surface area contributed by atoms with Crippen LogP contribution in [-0.2, 0) is 7.05 Å². The summed E-state index contributed by atoms with van der Waals surface area (Å²) < 4.78 is 28.2. The van der Waals surface area contributed by atoms with E-state index in [0.29, 0.717) is 5.52 Å². The number of carbonyl (C=O) groups excluding carboxylic acids is 1. The Morgan fingerprint density at radius 3 is 2.86 bits per heavy atom. The van der Waals surface area contributed by atoms with Gasteiger partial charge in [-0.25, -0.2) is 18.3 Å². The minimum Gasteiger partial charge on any atom is -0.367 e. The van der Waals surface area contributed by atoms with Crippen LogP contribution in [0.3, 0.4) is 0 Å². The molecule has 8 nitrogen and oxygen atoms in total.